The number of ether oxygens (including phenoxy) is 1. The second kappa shape index (κ2) is 7.66. The summed E-state index contributed by atoms with van der Waals surface area (Å²) in [6, 6.07) is 9.27. The van der Waals surface area contributed by atoms with Crippen LogP contribution in [0.15, 0.2) is 24.3 Å². The molecule has 1 aromatic carbocycles. The first-order valence-electron chi connectivity index (χ1n) is 7.69. The summed E-state index contributed by atoms with van der Waals surface area (Å²) in [5, 5.41) is 3.69. The minimum atomic E-state index is 0.471. The fraction of sp³-hybridized carbons (Fsp3) is 0.647. The van der Waals surface area contributed by atoms with E-state index in [1.54, 1.807) is 0 Å². The van der Waals surface area contributed by atoms with Crippen LogP contribution in [-0.2, 0) is 11.2 Å². The van der Waals surface area contributed by atoms with E-state index in [1.165, 1.54) is 30.4 Å². The molecule has 0 aromatic heterocycles. The molecule has 2 rings (SSSR count). The molecule has 106 valence electrons. The molecule has 1 N–H and O–H groups in total. The molecular formula is C17H27NO. The number of nitrogens with one attached hydrogen (secondary N) is 1. The van der Waals surface area contributed by atoms with E-state index in [0.29, 0.717) is 12.1 Å². The molecule has 1 fully saturated rings. The van der Waals surface area contributed by atoms with Gasteiger partial charge in [-0.2, -0.15) is 0 Å². The van der Waals surface area contributed by atoms with Crippen molar-refractivity contribution in [3.8, 4) is 0 Å². The number of aryl methyl sites for hydroxylation is 1. The van der Waals surface area contributed by atoms with Gasteiger partial charge in [0.1, 0.15) is 0 Å². The Bertz CT molecular complexity index is 371. The maximum Gasteiger partial charge on any atom is 0.0590 e. The van der Waals surface area contributed by atoms with Crippen molar-refractivity contribution in [2.45, 2.75) is 58.1 Å². The molecule has 0 aliphatic carbocycles. The molecule has 2 unspecified atom stereocenters. The summed E-state index contributed by atoms with van der Waals surface area (Å²) in [5.74, 6) is 0. The van der Waals surface area contributed by atoms with E-state index < -0.39 is 0 Å². The molecule has 1 heterocycles. The monoisotopic (exact) mass is 261 g/mol. The number of rotatable bonds is 7. The Hall–Kier alpha value is -0.860. The van der Waals surface area contributed by atoms with Gasteiger partial charge in [0.15, 0.2) is 0 Å². The SMILES string of the molecule is CCCNC(Cc1ccccc1C)CC1CCCO1. The summed E-state index contributed by atoms with van der Waals surface area (Å²) in [7, 11) is 0. The van der Waals surface area contributed by atoms with Gasteiger partial charge in [-0.05, 0) is 56.7 Å². The van der Waals surface area contributed by atoms with Gasteiger partial charge in [-0.15, -0.1) is 0 Å². The molecule has 0 saturated carbocycles. The fourth-order valence-electron chi connectivity index (χ4n) is 2.84. The fourth-order valence-corrected chi connectivity index (χ4v) is 2.84. The van der Waals surface area contributed by atoms with Gasteiger partial charge in [0, 0.05) is 12.6 Å². The Morgan fingerprint density at radius 3 is 2.89 bits per heavy atom. The standard InChI is InChI=1S/C17H27NO/c1-3-10-18-16(13-17-9-6-11-19-17)12-15-8-5-4-7-14(15)2/h4-5,7-8,16-18H,3,6,9-13H2,1-2H3. The van der Waals surface area contributed by atoms with Gasteiger partial charge in [-0.3, -0.25) is 0 Å². The van der Waals surface area contributed by atoms with Gasteiger partial charge in [0.05, 0.1) is 6.10 Å². The zero-order valence-electron chi connectivity index (χ0n) is 12.3. The smallest absolute Gasteiger partial charge is 0.0590 e. The molecule has 0 spiro atoms. The van der Waals surface area contributed by atoms with Crippen LogP contribution < -0.4 is 5.32 Å². The molecule has 1 aromatic rings. The van der Waals surface area contributed by atoms with Crippen molar-refractivity contribution in [3.63, 3.8) is 0 Å². The third-order valence-electron chi connectivity index (χ3n) is 3.98. The first-order chi connectivity index (χ1) is 9.29. The molecule has 1 aliphatic rings. The highest BCUT2D eigenvalue weighted by atomic mass is 16.5. The molecule has 19 heavy (non-hydrogen) atoms. The summed E-state index contributed by atoms with van der Waals surface area (Å²) in [6.07, 6.45) is 6.39. The van der Waals surface area contributed by atoms with Crippen LogP contribution in [0, 0.1) is 6.92 Å². The summed E-state index contributed by atoms with van der Waals surface area (Å²) in [5.41, 5.74) is 2.87. The van der Waals surface area contributed by atoms with Crippen LogP contribution in [0.4, 0.5) is 0 Å². The maximum atomic E-state index is 5.79. The van der Waals surface area contributed by atoms with E-state index >= 15 is 0 Å². The van der Waals surface area contributed by atoms with Gasteiger partial charge < -0.3 is 10.1 Å². The van der Waals surface area contributed by atoms with E-state index in [1.807, 2.05) is 0 Å². The van der Waals surface area contributed by atoms with E-state index in [9.17, 15) is 0 Å². The van der Waals surface area contributed by atoms with Crippen LogP contribution in [0.2, 0.25) is 0 Å². The Morgan fingerprint density at radius 2 is 2.21 bits per heavy atom. The molecule has 2 heteroatoms. The molecule has 0 amide bonds. The minimum Gasteiger partial charge on any atom is -0.378 e. The quantitative estimate of drug-likeness (QED) is 0.811. The van der Waals surface area contributed by atoms with Gasteiger partial charge >= 0.3 is 0 Å². The summed E-state index contributed by atoms with van der Waals surface area (Å²) in [4.78, 5) is 0. The van der Waals surface area contributed by atoms with Crippen molar-refractivity contribution in [1.29, 1.82) is 0 Å². The van der Waals surface area contributed by atoms with Crippen LogP contribution >= 0.6 is 0 Å². The Balaban J connectivity index is 1.94. The molecule has 1 saturated heterocycles. The topological polar surface area (TPSA) is 21.3 Å². The number of hydrogen-bond donors (Lipinski definition) is 1. The van der Waals surface area contributed by atoms with Crippen molar-refractivity contribution in [1.82, 2.24) is 5.32 Å². The van der Waals surface area contributed by atoms with Crippen LogP contribution in [0.3, 0.4) is 0 Å². The highest BCUT2D eigenvalue weighted by Crippen LogP contribution is 2.19. The molecule has 0 radical (unpaired) electrons. The Kier molecular flexibility index (Phi) is 5.87. The van der Waals surface area contributed by atoms with E-state index in [4.69, 9.17) is 4.74 Å². The van der Waals surface area contributed by atoms with Crippen LogP contribution in [0.1, 0.15) is 43.7 Å². The zero-order chi connectivity index (χ0) is 13.5. The molecule has 2 atom stereocenters. The van der Waals surface area contributed by atoms with E-state index in [0.717, 1.165) is 26.0 Å². The first kappa shape index (κ1) is 14.5. The summed E-state index contributed by atoms with van der Waals surface area (Å²) in [6.45, 7) is 6.49. The minimum absolute atomic E-state index is 0.471. The van der Waals surface area contributed by atoms with Crippen molar-refractivity contribution < 1.29 is 4.74 Å². The Labute approximate surface area is 117 Å². The lowest BCUT2D eigenvalue weighted by Gasteiger charge is -2.22. The van der Waals surface area contributed by atoms with Crippen molar-refractivity contribution in [2.24, 2.45) is 0 Å². The average molecular weight is 261 g/mol. The normalized spacial score (nSPS) is 20.6. The second-order valence-corrected chi connectivity index (χ2v) is 5.65. The van der Waals surface area contributed by atoms with E-state index in [2.05, 4.69) is 43.4 Å². The Morgan fingerprint density at radius 1 is 1.37 bits per heavy atom. The van der Waals surface area contributed by atoms with Gasteiger partial charge in [-0.1, -0.05) is 31.2 Å². The number of hydrogen-bond acceptors (Lipinski definition) is 2. The lowest BCUT2D eigenvalue weighted by molar-refractivity contribution is 0.0946. The lowest BCUT2D eigenvalue weighted by Crippen LogP contribution is -2.35. The van der Waals surface area contributed by atoms with Crippen LogP contribution in [0.5, 0.6) is 0 Å². The molecule has 2 nitrogen and oxygen atoms in total. The number of benzene rings is 1. The predicted molar refractivity (Wildman–Crippen MR) is 80.6 cm³/mol. The highest BCUT2D eigenvalue weighted by Gasteiger charge is 2.21. The first-order valence-corrected chi connectivity index (χ1v) is 7.69. The molecule has 1 aliphatic heterocycles. The third kappa shape index (κ3) is 4.63. The maximum absolute atomic E-state index is 5.79. The van der Waals surface area contributed by atoms with Crippen molar-refractivity contribution in [2.75, 3.05) is 13.2 Å². The van der Waals surface area contributed by atoms with Gasteiger partial charge in [0.25, 0.3) is 0 Å². The van der Waals surface area contributed by atoms with Crippen LogP contribution in [0.25, 0.3) is 0 Å². The highest BCUT2D eigenvalue weighted by molar-refractivity contribution is 5.26. The summed E-state index contributed by atoms with van der Waals surface area (Å²) >= 11 is 0. The van der Waals surface area contributed by atoms with Crippen LogP contribution in [-0.4, -0.2) is 25.3 Å². The molecule has 0 bridgehead atoms. The average Bonchev–Trinajstić information content (AvgIpc) is 2.91. The second-order valence-electron chi connectivity index (χ2n) is 5.65. The van der Waals surface area contributed by atoms with Crippen molar-refractivity contribution >= 4 is 0 Å². The largest absolute Gasteiger partial charge is 0.378 e. The summed E-state index contributed by atoms with van der Waals surface area (Å²) < 4.78 is 5.79. The van der Waals surface area contributed by atoms with Crippen molar-refractivity contribution in [3.05, 3.63) is 35.4 Å². The van der Waals surface area contributed by atoms with E-state index in [-0.39, 0.29) is 0 Å². The van der Waals surface area contributed by atoms with Gasteiger partial charge in [0.2, 0.25) is 0 Å². The zero-order valence-corrected chi connectivity index (χ0v) is 12.3. The predicted octanol–water partition coefficient (Wildman–Crippen LogP) is 3.47. The lowest BCUT2D eigenvalue weighted by atomic mass is 9.96. The third-order valence-corrected chi connectivity index (χ3v) is 3.98. The molecular weight excluding hydrogens is 234 g/mol. The van der Waals surface area contributed by atoms with Gasteiger partial charge in [-0.25, -0.2) is 0 Å².